The Bertz CT molecular complexity index is 723. The van der Waals surface area contributed by atoms with E-state index in [1.165, 1.54) is 48.9 Å². The molecule has 0 radical (unpaired) electrons. The van der Waals surface area contributed by atoms with Crippen LogP contribution in [0.2, 0.25) is 0 Å². The summed E-state index contributed by atoms with van der Waals surface area (Å²) in [7, 11) is 0. The van der Waals surface area contributed by atoms with Crippen molar-refractivity contribution >= 4 is 51.5 Å². The van der Waals surface area contributed by atoms with Gasteiger partial charge in [0.25, 0.3) is 0 Å². The van der Waals surface area contributed by atoms with Crippen LogP contribution in [-0.4, -0.2) is 54.1 Å². The Morgan fingerprint density at radius 3 is 2.00 bits per heavy atom. The number of Topliss-reactive ketones (excluding diaryl/α,β-unsaturated/α-hetero) is 1. The van der Waals surface area contributed by atoms with E-state index in [4.69, 9.17) is 23.1 Å². The van der Waals surface area contributed by atoms with Gasteiger partial charge in [-0.05, 0) is 6.92 Å². The van der Waals surface area contributed by atoms with Crippen molar-refractivity contribution in [3.8, 4) is 18.8 Å². The summed E-state index contributed by atoms with van der Waals surface area (Å²) >= 11 is 2.44. The van der Waals surface area contributed by atoms with Crippen molar-refractivity contribution in [1.82, 2.24) is 9.97 Å². The van der Waals surface area contributed by atoms with Crippen LogP contribution in [0, 0.1) is 25.2 Å². The van der Waals surface area contributed by atoms with Gasteiger partial charge in [0.2, 0.25) is 0 Å². The predicted molar refractivity (Wildman–Crippen MR) is 98.4 cm³/mol. The Hall–Kier alpha value is -0.824. The molecule has 3 N–H and O–H groups in total. The van der Waals surface area contributed by atoms with Crippen LogP contribution >= 0.6 is 22.7 Å². The fraction of sp³-hybridized carbons (Fsp3) is 0.312. The molecule has 6 nitrogen and oxygen atoms in total. The molecule has 0 fully saturated rings. The molecule has 0 amide bonds. The van der Waals surface area contributed by atoms with Gasteiger partial charge in [0, 0.05) is 19.3 Å². The maximum Gasteiger partial charge on any atom is 2.00 e. The largest absolute Gasteiger partial charge is 2.00 e. The number of thiazole rings is 2. The van der Waals surface area contributed by atoms with Crippen LogP contribution in [0.4, 0.5) is 0 Å². The van der Waals surface area contributed by atoms with Gasteiger partial charge < -0.3 is 45.1 Å². The van der Waals surface area contributed by atoms with Crippen LogP contribution < -0.4 is 17.0 Å². The molecule has 2 aromatic rings. The van der Waals surface area contributed by atoms with Crippen LogP contribution in [-0.2, 0) is 18.8 Å². The molecule has 2 heterocycles. The van der Waals surface area contributed by atoms with Crippen molar-refractivity contribution in [2.75, 3.05) is 0 Å². The van der Waals surface area contributed by atoms with E-state index in [1.54, 1.807) is 0 Å². The summed E-state index contributed by atoms with van der Waals surface area (Å²) in [5.41, 5.74) is -1.32. The Kier molecular flexibility index (Phi) is 17.6. The minimum absolute atomic E-state index is 0. The number of aromatic nitrogens is 2. The Balaban J connectivity index is -0.000000350. The molecular formula is C16H17BrMgN2O4S2. The number of rotatable bonds is 4. The molecule has 1 atom stereocenters. The molecule has 0 aliphatic carbocycles. The van der Waals surface area contributed by atoms with Crippen molar-refractivity contribution in [3.05, 3.63) is 38.6 Å². The zero-order valence-corrected chi connectivity index (χ0v) is 18.9. The standard InChI is InChI=1S/C8H9NO2S.C6H7NO2S.C2H.BrH.Mg/c1-3-8(2,11)7-9-4-6(5-10)12-7;1-4(9)6-7-2-5(3-8)10-6;1-2;;/h1,4,10-11H,5H2,2H3;2,8H,3H2,1H3;1H;1H;/q;;-1;;+2/p-1. The summed E-state index contributed by atoms with van der Waals surface area (Å²) in [5.74, 6) is 2.17. The maximum atomic E-state index is 10.6. The first-order valence-corrected chi connectivity index (χ1v) is 8.09. The molecule has 0 saturated carbocycles. The normalized spacial score (nSPS) is 10.8. The molecule has 0 aromatic carbocycles. The van der Waals surface area contributed by atoms with Crippen LogP contribution in [0.5, 0.6) is 0 Å². The topological polar surface area (TPSA) is 104 Å². The first-order chi connectivity index (χ1) is 11.3. The Morgan fingerprint density at radius 1 is 1.23 bits per heavy atom. The SMILES string of the molecule is C#CC(C)(O)c1ncc(CO)s1.CC(=O)c1ncc(CO)s1.[Br-].[C-]#C.[Mg+2]. The summed E-state index contributed by atoms with van der Waals surface area (Å²) in [6, 6.07) is 0. The average Bonchev–Trinajstić information content (AvgIpc) is 3.26. The number of carbonyl (C=O) groups is 1. The molecule has 1 unspecified atom stereocenters. The molecule has 0 spiro atoms. The molecule has 0 bridgehead atoms. The van der Waals surface area contributed by atoms with Gasteiger partial charge in [-0.2, -0.15) is 0 Å². The minimum atomic E-state index is -1.32. The molecule has 0 saturated heterocycles. The number of terminal acetylenes is 2. The minimum Gasteiger partial charge on any atom is -1.00 e. The van der Waals surface area contributed by atoms with Gasteiger partial charge in [-0.25, -0.2) is 9.97 Å². The fourth-order valence-corrected chi connectivity index (χ4v) is 2.66. The van der Waals surface area contributed by atoms with Crippen LogP contribution in [0.25, 0.3) is 0 Å². The van der Waals surface area contributed by atoms with E-state index in [1.807, 2.05) is 0 Å². The number of hydrogen-bond acceptors (Lipinski definition) is 8. The number of aliphatic hydroxyl groups excluding tert-OH is 2. The van der Waals surface area contributed by atoms with Crippen molar-refractivity contribution in [3.63, 3.8) is 0 Å². The van der Waals surface area contributed by atoms with Crippen LogP contribution in [0.1, 0.15) is 38.4 Å². The maximum absolute atomic E-state index is 10.6. The van der Waals surface area contributed by atoms with Gasteiger partial charge in [-0.1, -0.05) is 5.92 Å². The summed E-state index contributed by atoms with van der Waals surface area (Å²) < 4.78 is 0. The smallest absolute Gasteiger partial charge is 1.00 e. The summed E-state index contributed by atoms with van der Waals surface area (Å²) in [4.78, 5) is 19.8. The third kappa shape index (κ3) is 9.76. The molecular weight excluding hydrogens is 453 g/mol. The van der Waals surface area contributed by atoms with Crippen molar-refractivity contribution in [2.24, 2.45) is 0 Å². The second kappa shape index (κ2) is 15.3. The predicted octanol–water partition coefficient (Wildman–Crippen LogP) is -1.86. The van der Waals surface area contributed by atoms with Gasteiger partial charge in [0.05, 0.1) is 23.0 Å². The van der Waals surface area contributed by atoms with Gasteiger partial charge in [0.15, 0.2) is 16.4 Å². The molecule has 10 heteroatoms. The monoisotopic (exact) mass is 468 g/mol. The summed E-state index contributed by atoms with van der Waals surface area (Å²) in [5, 5.41) is 27.8. The number of ketones is 1. The number of hydrogen-bond donors (Lipinski definition) is 3. The van der Waals surface area contributed by atoms with Crippen molar-refractivity contribution < 1.29 is 37.1 Å². The Morgan fingerprint density at radius 2 is 1.69 bits per heavy atom. The number of nitrogens with zero attached hydrogens (tertiary/aromatic N) is 2. The molecule has 26 heavy (non-hydrogen) atoms. The van der Waals surface area contributed by atoms with E-state index >= 15 is 0 Å². The van der Waals surface area contributed by atoms with Crippen LogP contribution in [0.3, 0.4) is 0 Å². The van der Waals surface area contributed by atoms with Gasteiger partial charge in [-0.15, -0.1) is 29.1 Å². The fourth-order valence-electron chi connectivity index (χ4n) is 1.21. The summed E-state index contributed by atoms with van der Waals surface area (Å²) in [6.45, 7) is 2.84. The van der Waals surface area contributed by atoms with Gasteiger partial charge in [-0.3, -0.25) is 4.79 Å². The second-order valence-corrected chi connectivity index (χ2v) is 6.58. The third-order valence-electron chi connectivity index (χ3n) is 2.42. The van der Waals surface area contributed by atoms with Crippen molar-refractivity contribution in [2.45, 2.75) is 32.7 Å². The average molecular weight is 470 g/mol. The second-order valence-electron chi connectivity index (χ2n) is 4.35. The molecule has 0 aliphatic heterocycles. The first-order valence-electron chi connectivity index (χ1n) is 6.45. The van der Waals surface area contributed by atoms with Crippen LogP contribution in [0.15, 0.2) is 12.4 Å². The van der Waals surface area contributed by atoms with Gasteiger partial charge >= 0.3 is 23.1 Å². The molecule has 2 rings (SSSR count). The number of aliphatic hydroxyl groups is 3. The quantitative estimate of drug-likeness (QED) is 0.210. The molecule has 136 valence electrons. The molecule has 2 aromatic heterocycles. The zero-order chi connectivity index (χ0) is 18.8. The van der Waals surface area contributed by atoms with Gasteiger partial charge in [0.1, 0.15) is 5.01 Å². The molecule has 0 aliphatic rings. The zero-order valence-electron chi connectivity index (χ0n) is 14.3. The van der Waals surface area contributed by atoms with E-state index < -0.39 is 5.60 Å². The van der Waals surface area contributed by atoms with E-state index in [9.17, 15) is 9.90 Å². The summed E-state index contributed by atoms with van der Waals surface area (Å²) in [6.07, 6.45) is 17.1. The Labute approximate surface area is 187 Å². The third-order valence-corrected chi connectivity index (χ3v) is 4.69. The van der Waals surface area contributed by atoms with E-state index in [-0.39, 0.29) is 59.0 Å². The van der Waals surface area contributed by atoms with E-state index in [0.717, 1.165) is 4.88 Å². The number of halogens is 1. The van der Waals surface area contributed by atoms with E-state index in [0.29, 0.717) is 14.9 Å². The van der Waals surface area contributed by atoms with Crippen molar-refractivity contribution in [1.29, 1.82) is 0 Å². The number of carbonyl (C=O) groups excluding carboxylic acids is 1. The van der Waals surface area contributed by atoms with E-state index in [2.05, 4.69) is 22.3 Å². The first kappa shape index (κ1) is 29.9.